The number of likely N-dealkylation sites (N-methyl/N-ethyl adjacent to an activating group) is 1. The fourth-order valence-electron chi connectivity index (χ4n) is 5.03. The number of aliphatic hydroxyl groups excluding tert-OH is 2. The zero-order chi connectivity index (χ0) is 29.5. The van der Waals surface area contributed by atoms with Gasteiger partial charge in [0.25, 0.3) is 5.91 Å². The number of carbonyl (C=O) groups excluding carboxylic acids is 1. The van der Waals surface area contributed by atoms with Gasteiger partial charge in [0.15, 0.2) is 12.2 Å². The summed E-state index contributed by atoms with van der Waals surface area (Å²) in [5, 5.41) is 21.0. The van der Waals surface area contributed by atoms with E-state index < -0.39 is 64.7 Å². The Kier molecular flexibility index (Phi) is 8.85. The summed E-state index contributed by atoms with van der Waals surface area (Å²) in [6.45, 7) is 1.45. The lowest BCUT2D eigenvalue weighted by Gasteiger charge is -2.31. The minimum absolute atomic E-state index is 0.0405. The first-order valence-corrected chi connectivity index (χ1v) is 12.8. The van der Waals surface area contributed by atoms with E-state index in [1.165, 1.54) is 18.9 Å². The number of hydrogen-bond donors (Lipinski definition) is 2. The number of halogens is 7. The van der Waals surface area contributed by atoms with E-state index in [1.807, 2.05) is 0 Å². The normalized spacial score (nSPS) is 23.2. The number of likely N-dealkylation sites (tertiary alicyclic amines) is 1. The summed E-state index contributed by atoms with van der Waals surface area (Å²) in [7, 11) is 1.17. The van der Waals surface area contributed by atoms with Crippen molar-refractivity contribution in [2.45, 2.75) is 44.2 Å². The monoisotopic (exact) mass is 595 g/mol. The Morgan fingerprint density at radius 3 is 2.55 bits per heavy atom. The van der Waals surface area contributed by atoms with E-state index in [-0.39, 0.29) is 37.7 Å². The van der Waals surface area contributed by atoms with Gasteiger partial charge in [-0.3, -0.25) is 14.6 Å². The Balaban J connectivity index is 1.66. The lowest BCUT2D eigenvalue weighted by Crippen LogP contribution is -2.49. The average molecular weight is 596 g/mol. The summed E-state index contributed by atoms with van der Waals surface area (Å²) in [5.41, 5.74) is -1.50. The minimum Gasteiger partial charge on any atom is -0.390 e. The van der Waals surface area contributed by atoms with Crippen molar-refractivity contribution in [1.29, 1.82) is 0 Å². The minimum atomic E-state index is -4.75. The Bertz CT molecular complexity index is 1250. The Labute approximate surface area is 231 Å². The van der Waals surface area contributed by atoms with E-state index in [4.69, 9.17) is 11.6 Å². The van der Waals surface area contributed by atoms with Crippen molar-refractivity contribution in [1.82, 2.24) is 14.8 Å². The number of pyridine rings is 1. The van der Waals surface area contributed by atoms with E-state index in [9.17, 15) is 41.4 Å². The van der Waals surface area contributed by atoms with Gasteiger partial charge in [-0.25, -0.2) is 18.2 Å². The molecule has 2 saturated heterocycles. The van der Waals surface area contributed by atoms with Crippen LogP contribution in [-0.4, -0.2) is 95.3 Å². The fourth-order valence-corrected chi connectivity index (χ4v) is 5.19. The molecule has 4 atom stereocenters. The highest BCUT2D eigenvalue weighted by atomic mass is 35.5. The molecule has 0 spiro atoms. The van der Waals surface area contributed by atoms with Crippen molar-refractivity contribution < 1.29 is 41.4 Å². The summed E-state index contributed by atoms with van der Waals surface area (Å²) >= 11 is 5.66. The fraction of sp³-hybridized carbons (Fsp3) is 0.520. The molecule has 40 heavy (non-hydrogen) atoms. The molecule has 2 N–H and O–H groups in total. The van der Waals surface area contributed by atoms with Crippen LogP contribution in [0.4, 0.5) is 37.8 Å². The number of aromatic nitrogens is 1. The predicted octanol–water partition coefficient (Wildman–Crippen LogP) is 3.17. The molecule has 1 aromatic heterocycles. The molecule has 15 heteroatoms. The number of carbonyl (C=O) groups is 1. The van der Waals surface area contributed by atoms with Crippen LogP contribution in [0.5, 0.6) is 0 Å². The highest BCUT2D eigenvalue weighted by Crippen LogP contribution is 2.35. The lowest BCUT2D eigenvalue weighted by atomic mass is 10.1. The standard InChI is InChI=1S/C25H28ClF6N5O3/c1-13-7-14(25(30,31)32)8-20(33-13)37-19(23(39)34(2)18-4-3-17(28)21(26)22(18)29)12-36(24(37)40)11-16(38)10-35-6-5-15(27)9-35/h3-4,7-8,15-16,19,24,38,40H,5-6,9-12H2,1-2H3/t15-,16?,19-,24?/m0/s1. The summed E-state index contributed by atoms with van der Waals surface area (Å²) in [6.07, 6.45) is -8.26. The molecule has 2 aromatic rings. The van der Waals surface area contributed by atoms with Gasteiger partial charge in [0.1, 0.15) is 28.9 Å². The van der Waals surface area contributed by atoms with Crippen LogP contribution >= 0.6 is 11.6 Å². The summed E-state index contributed by atoms with van der Waals surface area (Å²) < 4.78 is 82.7. The van der Waals surface area contributed by atoms with E-state index in [0.29, 0.717) is 19.0 Å². The molecule has 0 bridgehead atoms. The number of benzene rings is 1. The third-order valence-electron chi connectivity index (χ3n) is 6.97. The van der Waals surface area contributed by atoms with Crippen LogP contribution in [0.1, 0.15) is 17.7 Å². The lowest BCUT2D eigenvalue weighted by molar-refractivity contribution is -0.137. The third-order valence-corrected chi connectivity index (χ3v) is 7.32. The first kappa shape index (κ1) is 30.3. The number of hydrogen-bond acceptors (Lipinski definition) is 7. The maximum absolute atomic E-state index is 14.7. The van der Waals surface area contributed by atoms with Gasteiger partial charge in [-0.05, 0) is 37.6 Å². The first-order chi connectivity index (χ1) is 18.7. The van der Waals surface area contributed by atoms with Crippen LogP contribution in [0, 0.1) is 18.6 Å². The van der Waals surface area contributed by atoms with Crippen LogP contribution in [0.3, 0.4) is 0 Å². The van der Waals surface area contributed by atoms with Gasteiger partial charge in [0, 0.05) is 45.5 Å². The van der Waals surface area contributed by atoms with Crippen molar-refractivity contribution in [3.05, 3.63) is 52.2 Å². The van der Waals surface area contributed by atoms with Gasteiger partial charge in [-0.15, -0.1) is 0 Å². The largest absolute Gasteiger partial charge is 0.416 e. The topological polar surface area (TPSA) is 83.4 Å². The number of nitrogens with zero attached hydrogens (tertiary/aromatic N) is 5. The molecule has 8 nitrogen and oxygen atoms in total. The maximum Gasteiger partial charge on any atom is 0.416 e. The van der Waals surface area contributed by atoms with Gasteiger partial charge >= 0.3 is 6.18 Å². The van der Waals surface area contributed by atoms with Gasteiger partial charge < -0.3 is 20.0 Å². The van der Waals surface area contributed by atoms with Crippen molar-refractivity contribution in [2.75, 3.05) is 49.6 Å². The molecule has 1 aromatic carbocycles. The van der Waals surface area contributed by atoms with Crippen molar-refractivity contribution in [2.24, 2.45) is 0 Å². The van der Waals surface area contributed by atoms with E-state index in [2.05, 4.69) is 4.98 Å². The molecule has 3 heterocycles. The van der Waals surface area contributed by atoms with Crippen molar-refractivity contribution in [3.8, 4) is 0 Å². The smallest absolute Gasteiger partial charge is 0.390 e. The molecule has 2 unspecified atom stereocenters. The highest BCUT2D eigenvalue weighted by Gasteiger charge is 2.46. The van der Waals surface area contributed by atoms with Gasteiger partial charge in [-0.2, -0.15) is 13.2 Å². The Hall–Kier alpha value is -2.65. The quantitative estimate of drug-likeness (QED) is 0.376. The number of anilines is 2. The van der Waals surface area contributed by atoms with Gasteiger partial charge in [0.05, 0.1) is 17.4 Å². The van der Waals surface area contributed by atoms with E-state index in [1.54, 1.807) is 4.90 Å². The molecule has 1 amide bonds. The van der Waals surface area contributed by atoms with Crippen LogP contribution in [0.2, 0.25) is 5.02 Å². The molecular formula is C25H28ClF6N5O3. The van der Waals surface area contributed by atoms with Gasteiger partial charge in [-0.1, -0.05) is 11.6 Å². The summed E-state index contributed by atoms with van der Waals surface area (Å²) in [4.78, 5) is 22.4. The third kappa shape index (κ3) is 6.30. The number of alkyl halides is 4. The van der Waals surface area contributed by atoms with E-state index >= 15 is 0 Å². The Morgan fingerprint density at radius 1 is 1.23 bits per heavy atom. The molecule has 2 aliphatic rings. The molecule has 2 fully saturated rings. The average Bonchev–Trinajstić information content (AvgIpc) is 3.42. The maximum atomic E-state index is 14.7. The first-order valence-electron chi connectivity index (χ1n) is 12.4. The number of aliphatic hydroxyl groups is 2. The molecular weight excluding hydrogens is 568 g/mol. The second-order valence-corrected chi connectivity index (χ2v) is 10.3. The zero-order valence-electron chi connectivity index (χ0n) is 21.5. The number of rotatable bonds is 7. The summed E-state index contributed by atoms with van der Waals surface area (Å²) in [6, 6.07) is 1.92. The Morgan fingerprint density at radius 2 is 1.93 bits per heavy atom. The summed E-state index contributed by atoms with van der Waals surface area (Å²) in [5.74, 6) is -3.52. The SMILES string of the molecule is Cc1cc(C(F)(F)F)cc(N2C(O)N(CC(O)CN3CC[C@H](F)C3)C[C@H]2C(=O)N(C)c2ccc(F)c(Cl)c2F)n1. The van der Waals surface area contributed by atoms with Crippen LogP contribution in [0.25, 0.3) is 0 Å². The molecule has 0 radical (unpaired) electrons. The number of aryl methyl sites for hydroxylation is 1. The second kappa shape index (κ2) is 11.7. The molecule has 0 saturated carbocycles. The number of β-amino-alcohol motifs (C(OH)–C–C–N with tert-alkyl or cyclic N) is 1. The van der Waals surface area contributed by atoms with Crippen molar-refractivity contribution in [3.63, 3.8) is 0 Å². The zero-order valence-corrected chi connectivity index (χ0v) is 22.3. The second-order valence-electron chi connectivity index (χ2n) is 9.97. The van der Waals surface area contributed by atoms with Crippen LogP contribution in [0.15, 0.2) is 24.3 Å². The molecule has 2 aliphatic heterocycles. The predicted molar refractivity (Wildman–Crippen MR) is 135 cm³/mol. The molecule has 220 valence electrons. The van der Waals surface area contributed by atoms with Crippen LogP contribution in [-0.2, 0) is 11.0 Å². The highest BCUT2D eigenvalue weighted by molar-refractivity contribution is 6.31. The molecule has 4 rings (SSSR count). The number of amides is 1. The molecule has 0 aliphatic carbocycles. The van der Waals surface area contributed by atoms with Crippen LogP contribution < -0.4 is 9.80 Å². The van der Waals surface area contributed by atoms with E-state index in [0.717, 1.165) is 28.0 Å². The van der Waals surface area contributed by atoms with Gasteiger partial charge in [0.2, 0.25) is 0 Å². The van der Waals surface area contributed by atoms with Crippen molar-refractivity contribution >= 4 is 29.0 Å².